The smallest absolute Gasteiger partial charge is 0.211 e. The predicted molar refractivity (Wildman–Crippen MR) is 106 cm³/mol. The van der Waals surface area contributed by atoms with Crippen molar-refractivity contribution in [1.29, 1.82) is 0 Å². The fourth-order valence-electron chi connectivity index (χ4n) is 1.98. The van der Waals surface area contributed by atoms with Crippen molar-refractivity contribution in [2.75, 3.05) is 46.5 Å². The first-order chi connectivity index (χ1) is 9.86. The van der Waals surface area contributed by atoms with E-state index in [2.05, 4.69) is 21.8 Å². The van der Waals surface area contributed by atoms with E-state index in [0.29, 0.717) is 19.6 Å². The molecule has 0 saturated heterocycles. The third-order valence-corrected chi connectivity index (χ3v) is 4.54. The first kappa shape index (κ1) is 23.9. The van der Waals surface area contributed by atoms with Gasteiger partial charge in [-0.25, -0.2) is 12.7 Å². The van der Waals surface area contributed by atoms with Crippen LogP contribution in [-0.4, -0.2) is 70.1 Å². The summed E-state index contributed by atoms with van der Waals surface area (Å²) in [6.45, 7) is 8.21. The van der Waals surface area contributed by atoms with Gasteiger partial charge in [0.25, 0.3) is 0 Å². The maximum atomic E-state index is 11.5. The summed E-state index contributed by atoms with van der Waals surface area (Å²) >= 11 is 0. The van der Waals surface area contributed by atoms with Gasteiger partial charge >= 0.3 is 0 Å². The number of nitrogens with one attached hydrogen (secondary N) is 1. The largest absolute Gasteiger partial charge is 0.356 e. The number of halogens is 1. The molecular formula is C14H31IN4O2S. The van der Waals surface area contributed by atoms with Crippen molar-refractivity contribution >= 4 is 40.0 Å². The van der Waals surface area contributed by atoms with E-state index in [4.69, 9.17) is 0 Å². The normalized spacial score (nSPS) is 12.0. The monoisotopic (exact) mass is 446 g/mol. The van der Waals surface area contributed by atoms with Gasteiger partial charge in [0.2, 0.25) is 10.0 Å². The molecule has 22 heavy (non-hydrogen) atoms. The highest BCUT2D eigenvalue weighted by Gasteiger charge is 2.13. The van der Waals surface area contributed by atoms with Gasteiger partial charge in [0.1, 0.15) is 0 Å². The molecule has 6 nitrogen and oxygen atoms in total. The maximum absolute atomic E-state index is 11.5. The molecular weight excluding hydrogens is 415 g/mol. The van der Waals surface area contributed by atoms with Gasteiger partial charge in [0.05, 0.1) is 6.26 Å². The molecule has 0 rings (SSSR count). The number of hydrogen-bond acceptors (Lipinski definition) is 3. The predicted octanol–water partition coefficient (Wildman–Crippen LogP) is 1.75. The number of allylic oxidation sites excluding steroid dienone is 1. The van der Waals surface area contributed by atoms with Crippen molar-refractivity contribution in [2.24, 2.45) is 4.99 Å². The molecule has 0 amide bonds. The quantitative estimate of drug-likeness (QED) is 0.183. The van der Waals surface area contributed by atoms with Crippen molar-refractivity contribution in [1.82, 2.24) is 14.5 Å². The summed E-state index contributed by atoms with van der Waals surface area (Å²) in [6.07, 6.45) is 5.94. The molecule has 132 valence electrons. The summed E-state index contributed by atoms with van der Waals surface area (Å²) < 4.78 is 24.4. The van der Waals surface area contributed by atoms with Crippen LogP contribution in [0.3, 0.4) is 0 Å². The lowest BCUT2D eigenvalue weighted by Gasteiger charge is -2.22. The van der Waals surface area contributed by atoms with Gasteiger partial charge in [-0.05, 0) is 19.3 Å². The lowest BCUT2D eigenvalue weighted by atomic mass is 10.3. The Labute approximate surface area is 153 Å². The molecule has 0 spiro atoms. The van der Waals surface area contributed by atoms with Crippen LogP contribution in [0.5, 0.6) is 0 Å². The van der Waals surface area contributed by atoms with Crippen LogP contribution in [-0.2, 0) is 10.0 Å². The molecule has 0 aliphatic carbocycles. The Morgan fingerprint density at radius 3 is 2.41 bits per heavy atom. The SMILES string of the molecule is C=CCCCN(C)C(=NC)NCCCN(CC)S(C)(=O)=O.I. The lowest BCUT2D eigenvalue weighted by Crippen LogP contribution is -2.41. The molecule has 0 unspecified atom stereocenters. The molecule has 0 atom stereocenters. The van der Waals surface area contributed by atoms with Crippen LogP contribution >= 0.6 is 24.0 Å². The van der Waals surface area contributed by atoms with Crippen LogP contribution < -0.4 is 5.32 Å². The third kappa shape index (κ3) is 10.4. The number of nitrogens with zero attached hydrogens (tertiary/aromatic N) is 3. The zero-order chi connectivity index (χ0) is 16.3. The molecule has 0 aromatic heterocycles. The molecule has 0 aromatic carbocycles. The fraction of sp³-hybridized carbons (Fsp3) is 0.786. The van der Waals surface area contributed by atoms with Crippen LogP contribution in [0.4, 0.5) is 0 Å². The molecule has 0 fully saturated rings. The van der Waals surface area contributed by atoms with E-state index in [0.717, 1.165) is 31.8 Å². The summed E-state index contributed by atoms with van der Waals surface area (Å²) in [7, 11) is 0.647. The second-order valence-corrected chi connectivity index (χ2v) is 6.92. The van der Waals surface area contributed by atoms with Gasteiger partial charge in [-0.1, -0.05) is 13.0 Å². The minimum Gasteiger partial charge on any atom is -0.356 e. The van der Waals surface area contributed by atoms with Crippen LogP contribution in [0.1, 0.15) is 26.2 Å². The number of rotatable bonds is 10. The average molecular weight is 446 g/mol. The van der Waals surface area contributed by atoms with Crippen LogP contribution in [0, 0.1) is 0 Å². The van der Waals surface area contributed by atoms with Crippen LogP contribution in [0.25, 0.3) is 0 Å². The van der Waals surface area contributed by atoms with Gasteiger partial charge in [-0.3, -0.25) is 4.99 Å². The maximum Gasteiger partial charge on any atom is 0.211 e. The summed E-state index contributed by atoms with van der Waals surface area (Å²) in [5, 5.41) is 3.26. The van der Waals surface area contributed by atoms with E-state index in [-0.39, 0.29) is 24.0 Å². The van der Waals surface area contributed by atoms with Gasteiger partial charge in [-0.2, -0.15) is 0 Å². The summed E-state index contributed by atoms with van der Waals surface area (Å²) in [5.74, 6) is 0.835. The highest BCUT2D eigenvalue weighted by molar-refractivity contribution is 14.0. The zero-order valence-electron chi connectivity index (χ0n) is 14.2. The Morgan fingerprint density at radius 2 is 1.95 bits per heavy atom. The summed E-state index contributed by atoms with van der Waals surface area (Å²) in [5.41, 5.74) is 0. The molecule has 8 heteroatoms. The van der Waals surface area contributed by atoms with E-state index < -0.39 is 10.0 Å². The van der Waals surface area contributed by atoms with Crippen molar-refractivity contribution in [3.63, 3.8) is 0 Å². The van der Waals surface area contributed by atoms with Crippen molar-refractivity contribution in [3.8, 4) is 0 Å². The Kier molecular flexibility index (Phi) is 14.3. The fourth-order valence-corrected chi connectivity index (χ4v) is 2.91. The molecule has 0 aliphatic rings. The minimum atomic E-state index is -3.10. The van der Waals surface area contributed by atoms with Gasteiger partial charge < -0.3 is 10.2 Å². The number of hydrogen-bond donors (Lipinski definition) is 1. The molecule has 0 saturated carbocycles. The molecule has 0 aliphatic heterocycles. The Balaban J connectivity index is 0. The second kappa shape index (κ2) is 13.1. The summed E-state index contributed by atoms with van der Waals surface area (Å²) in [6, 6.07) is 0. The number of unbranched alkanes of at least 4 members (excludes halogenated alkanes) is 1. The Morgan fingerprint density at radius 1 is 1.32 bits per heavy atom. The average Bonchev–Trinajstić information content (AvgIpc) is 2.41. The number of aliphatic imine (C=N–C) groups is 1. The molecule has 1 N–H and O–H groups in total. The lowest BCUT2D eigenvalue weighted by molar-refractivity contribution is 0.419. The van der Waals surface area contributed by atoms with E-state index in [9.17, 15) is 8.42 Å². The highest BCUT2D eigenvalue weighted by atomic mass is 127. The molecule has 0 aromatic rings. The van der Waals surface area contributed by atoms with Crippen molar-refractivity contribution < 1.29 is 8.42 Å². The Bertz CT molecular complexity index is 427. The molecule has 0 heterocycles. The van der Waals surface area contributed by atoms with E-state index in [1.807, 2.05) is 20.0 Å². The van der Waals surface area contributed by atoms with Crippen molar-refractivity contribution in [2.45, 2.75) is 26.2 Å². The highest BCUT2D eigenvalue weighted by Crippen LogP contribution is 1.99. The first-order valence-corrected chi connectivity index (χ1v) is 9.19. The first-order valence-electron chi connectivity index (χ1n) is 7.34. The van der Waals surface area contributed by atoms with E-state index in [1.54, 1.807) is 7.05 Å². The van der Waals surface area contributed by atoms with Crippen LogP contribution in [0.2, 0.25) is 0 Å². The zero-order valence-corrected chi connectivity index (χ0v) is 17.4. The number of sulfonamides is 1. The van der Waals surface area contributed by atoms with E-state index in [1.165, 1.54) is 10.6 Å². The molecule has 0 radical (unpaired) electrons. The van der Waals surface area contributed by atoms with E-state index >= 15 is 0 Å². The van der Waals surface area contributed by atoms with Crippen LogP contribution in [0.15, 0.2) is 17.6 Å². The number of guanidine groups is 1. The third-order valence-electron chi connectivity index (χ3n) is 3.16. The van der Waals surface area contributed by atoms with Crippen molar-refractivity contribution in [3.05, 3.63) is 12.7 Å². The standard InChI is InChI=1S/C14H30N4O2S.HI/c1-6-8-9-12-17(4)14(15-3)16-11-10-13-18(7-2)21(5,19)20;/h6H,1,7-13H2,2-5H3,(H,15,16);1H. The van der Waals surface area contributed by atoms with Gasteiger partial charge in [-0.15, -0.1) is 30.6 Å². The molecule has 0 bridgehead atoms. The minimum absolute atomic E-state index is 0. The van der Waals surface area contributed by atoms with Gasteiger partial charge in [0, 0.05) is 40.3 Å². The second-order valence-electron chi connectivity index (χ2n) is 4.93. The summed E-state index contributed by atoms with van der Waals surface area (Å²) in [4.78, 5) is 6.29. The Hall–Kier alpha value is -0.350. The topological polar surface area (TPSA) is 65.0 Å². The van der Waals surface area contributed by atoms with Gasteiger partial charge in [0.15, 0.2) is 5.96 Å².